The molecular weight excluding hydrogens is 414 g/mol. The van der Waals surface area contributed by atoms with Gasteiger partial charge in [0.2, 0.25) is 27.4 Å². The highest BCUT2D eigenvalue weighted by molar-refractivity contribution is 7.91. The summed E-state index contributed by atoms with van der Waals surface area (Å²) in [7, 11) is 0.300. The molecule has 11 heteroatoms. The molecule has 1 aliphatic heterocycles. The molecule has 1 aromatic carbocycles. The smallest absolute Gasteiger partial charge is 0.336 e. The van der Waals surface area contributed by atoms with Crippen LogP contribution in [0.25, 0.3) is 11.5 Å². The number of ether oxygens (including phenoxy) is 3. The van der Waals surface area contributed by atoms with Gasteiger partial charge in [-0.1, -0.05) is 5.10 Å². The second kappa shape index (κ2) is 8.90. The number of methoxy groups -OCH3 is 3. The molecule has 3 rings (SSSR count). The van der Waals surface area contributed by atoms with Gasteiger partial charge in [0.1, 0.15) is 5.75 Å². The van der Waals surface area contributed by atoms with E-state index in [2.05, 4.69) is 10.2 Å². The Kier molecular flexibility index (Phi) is 6.49. The maximum Gasteiger partial charge on any atom is 0.336 e. The van der Waals surface area contributed by atoms with Crippen LogP contribution in [0.2, 0.25) is 0 Å². The van der Waals surface area contributed by atoms with E-state index in [1.165, 1.54) is 21.3 Å². The van der Waals surface area contributed by atoms with Crippen molar-refractivity contribution in [1.82, 2.24) is 15.1 Å². The first-order valence-corrected chi connectivity index (χ1v) is 11.1. The molecule has 0 saturated carbocycles. The molecular formula is C19H25N3O7S. The van der Waals surface area contributed by atoms with Gasteiger partial charge in [0.25, 0.3) is 0 Å². The van der Waals surface area contributed by atoms with E-state index in [1.54, 1.807) is 17.0 Å². The molecule has 1 unspecified atom stereocenters. The van der Waals surface area contributed by atoms with E-state index in [1.807, 2.05) is 6.92 Å². The summed E-state index contributed by atoms with van der Waals surface area (Å²) in [4.78, 5) is 14.1. The summed E-state index contributed by atoms with van der Waals surface area (Å²) >= 11 is 0. The highest BCUT2D eigenvalue weighted by Gasteiger charge is 2.31. The van der Waals surface area contributed by atoms with Crippen LogP contribution in [0.1, 0.15) is 26.2 Å². The molecule has 1 amide bonds. The number of rotatable bonds is 7. The van der Waals surface area contributed by atoms with Crippen LogP contribution in [0.3, 0.4) is 0 Å². The average molecular weight is 439 g/mol. The van der Waals surface area contributed by atoms with Gasteiger partial charge < -0.3 is 23.5 Å². The zero-order valence-electron chi connectivity index (χ0n) is 17.4. The van der Waals surface area contributed by atoms with E-state index in [9.17, 15) is 13.2 Å². The summed E-state index contributed by atoms with van der Waals surface area (Å²) in [6, 6.07) is 3.14. The Morgan fingerprint density at radius 2 is 1.80 bits per heavy atom. The van der Waals surface area contributed by atoms with Gasteiger partial charge >= 0.3 is 5.22 Å². The number of hydrogen-bond acceptors (Lipinski definition) is 9. The van der Waals surface area contributed by atoms with Gasteiger partial charge in [-0.3, -0.25) is 4.79 Å². The SMILES string of the molecule is COc1cc(-c2nnc(S(=O)(=O)CC(=O)N3CCCCC3C)o2)cc(OC)c1OC. The van der Waals surface area contributed by atoms with Crippen LogP contribution in [0, 0.1) is 0 Å². The molecule has 1 fully saturated rings. The number of hydrogen-bond donors (Lipinski definition) is 0. The van der Waals surface area contributed by atoms with E-state index >= 15 is 0 Å². The first-order chi connectivity index (χ1) is 14.3. The predicted molar refractivity (Wildman–Crippen MR) is 106 cm³/mol. The Morgan fingerprint density at radius 1 is 1.13 bits per heavy atom. The van der Waals surface area contributed by atoms with Crippen molar-refractivity contribution in [3.05, 3.63) is 12.1 Å². The van der Waals surface area contributed by atoms with Crippen molar-refractivity contribution in [2.75, 3.05) is 33.6 Å². The fourth-order valence-electron chi connectivity index (χ4n) is 3.43. The molecule has 164 valence electrons. The molecule has 2 aromatic rings. The van der Waals surface area contributed by atoms with E-state index in [4.69, 9.17) is 18.6 Å². The molecule has 1 aromatic heterocycles. The van der Waals surface area contributed by atoms with Crippen molar-refractivity contribution in [2.45, 2.75) is 37.5 Å². The summed E-state index contributed by atoms with van der Waals surface area (Å²) in [5, 5.41) is 6.86. The summed E-state index contributed by atoms with van der Waals surface area (Å²) < 4.78 is 46.6. The van der Waals surface area contributed by atoms with Crippen molar-refractivity contribution < 1.29 is 31.8 Å². The zero-order chi connectivity index (χ0) is 21.9. The molecule has 0 N–H and O–H groups in total. The van der Waals surface area contributed by atoms with Crippen molar-refractivity contribution in [1.29, 1.82) is 0 Å². The van der Waals surface area contributed by atoms with Crippen LogP contribution in [0.15, 0.2) is 21.8 Å². The monoisotopic (exact) mass is 439 g/mol. The second-order valence-corrected chi connectivity index (χ2v) is 8.85. The van der Waals surface area contributed by atoms with Gasteiger partial charge in [-0.25, -0.2) is 8.42 Å². The fourth-order valence-corrected chi connectivity index (χ4v) is 4.42. The van der Waals surface area contributed by atoms with Crippen LogP contribution in [-0.2, 0) is 14.6 Å². The number of sulfone groups is 1. The maximum atomic E-state index is 12.7. The van der Waals surface area contributed by atoms with Crippen molar-refractivity contribution in [3.63, 3.8) is 0 Å². The third-order valence-corrected chi connectivity index (χ3v) is 6.35. The Bertz CT molecular complexity index is 994. The topological polar surface area (TPSA) is 121 Å². The van der Waals surface area contributed by atoms with Crippen molar-refractivity contribution >= 4 is 15.7 Å². The number of carbonyl (C=O) groups is 1. The normalized spacial score (nSPS) is 16.9. The second-order valence-electron chi connectivity index (χ2n) is 6.98. The Balaban J connectivity index is 1.86. The maximum absolute atomic E-state index is 12.7. The lowest BCUT2D eigenvalue weighted by atomic mass is 10.0. The lowest BCUT2D eigenvalue weighted by Crippen LogP contribution is -2.44. The number of aromatic nitrogens is 2. The summed E-state index contributed by atoms with van der Waals surface area (Å²) in [5.41, 5.74) is 0.384. The van der Waals surface area contributed by atoms with Gasteiger partial charge in [-0.15, -0.1) is 5.10 Å². The van der Waals surface area contributed by atoms with E-state index < -0.39 is 26.7 Å². The molecule has 1 aliphatic rings. The van der Waals surface area contributed by atoms with Crippen LogP contribution < -0.4 is 14.2 Å². The third kappa shape index (κ3) is 4.35. The number of benzene rings is 1. The minimum Gasteiger partial charge on any atom is -0.493 e. The first-order valence-electron chi connectivity index (χ1n) is 9.46. The minimum absolute atomic E-state index is 0.0129. The number of nitrogens with zero attached hydrogens (tertiary/aromatic N) is 3. The highest BCUT2D eigenvalue weighted by atomic mass is 32.2. The molecule has 0 bridgehead atoms. The van der Waals surface area contributed by atoms with Crippen LogP contribution in [0.4, 0.5) is 0 Å². The van der Waals surface area contributed by atoms with Crippen molar-refractivity contribution in [2.24, 2.45) is 0 Å². The van der Waals surface area contributed by atoms with E-state index in [0.29, 0.717) is 29.4 Å². The lowest BCUT2D eigenvalue weighted by molar-refractivity contribution is -0.131. The van der Waals surface area contributed by atoms with Crippen LogP contribution >= 0.6 is 0 Å². The molecule has 1 atom stereocenters. The van der Waals surface area contributed by atoms with E-state index in [0.717, 1.165) is 19.3 Å². The van der Waals surface area contributed by atoms with Crippen LogP contribution in [0.5, 0.6) is 17.2 Å². The predicted octanol–water partition coefficient (Wildman–Crippen LogP) is 1.94. The number of likely N-dealkylation sites (tertiary alicyclic amines) is 1. The molecule has 2 heterocycles. The molecule has 1 saturated heterocycles. The van der Waals surface area contributed by atoms with E-state index in [-0.39, 0.29) is 11.9 Å². The Labute approximate surface area is 175 Å². The summed E-state index contributed by atoms with van der Waals surface area (Å²) in [6.45, 7) is 2.47. The zero-order valence-corrected chi connectivity index (χ0v) is 18.2. The average Bonchev–Trinajstić information content (AvgIpc) is 3.24. The first kappa shape index (κ1) is 21.9. The Hall–Kier alpha value is -2.82. The molecule has 30 heavy (non-hydrogen) atoms. The van der Waals surface area contributed by atoms with Gasteiger partial charge in [-0.05, 0) is 38.3 Å². The summed E-state index contributed by atoms with van der Waals surface area (Å²) in [6.07, 6.45) is 2.75. The number of piperidine rings is 1. The summed E-state index contributed by atoms with van der Waals surface area (Å²) in [5.74, 6) is -0.153. The molecule has 0 radical (unpaired) electrons. The van der Waals surface area contributed by atoms with Gasteiger partial charge in [0.05, 0.1) is 21.3 Å². The Morgan fingerprint density at radius 3 is 2.37 bits per heavy atom. The largest absolute Gasteiger partial charge is 0.493 e. The minimum atomic E-state index is -4.08. The third-order valence-electron chi connectivity index (χ3n) is 5.02. The van der Waals surface area contributed by atoms with Crippen molar-refractivity contribution in [3.8, 4) is 28.7 Å². The van der Waals surface area contributed by atoms with Crippen LogP contribution in [-0.4, -0.2) is 69.1 Å². The van der Waals surface area contributed by atoms with Gasteiger partial charge in [-0.2, -0.15) is 0 Å². The van der Waals surface area contributed by atoms with Gasteiger partial charge in [0.15, 0.2) is 11.5 Å². The number of amides is 1. The molecule has 0 spiro atoms. The molecule has 0 aliphatic carbocycles. The number of carbonyl (C=O) groups excluding carboxylic acids is 1. The standard InChI is InChI=1S/C19H25N3O7S/c1-12-7-5-6-8-22(12)16(23)11-30(24,25)19-21-20-18(29-19)13-9-14(26-2)17(28-4)15(10-13)27-3/h9-10,12H,5-8,11H2,1-4H3. The highest BCUT2D eigenvalue weighted by Crippen LogP contribution is 2.41. The van der Waals surface area contributed by atoms with Gasteiger partial charge in [0, 0.05) is 18.2 Å². The molecule has 10 nitrogen and oxygen atoms in total. The quantitative estimate of drug-likeness (QED) is 0.637. The fraction of sp³-hybridized carbons (Fsp3) is 0.526. The lowest BCUT2D eigenvalue weighted by Gasteiger charge is -2.33.